The van der Waals surface area contributed by atoms with Crippen LogP contribution < -0.4 is 5.43 Å². The van der Waals surface area contributed by atoms with E-state index < -0.39 is 5.43 Å². The summed E-state index contributed by atoms with van der Waals surface area (Å²) in [5, 5.41) is 9.15. The molecule has 0 saturated heterocycles. The standard InChI is InChI=1S/C8H9NO3/c1-5-8(12)7(11)3-4-9(5)6(2)10/h3-4,12H,1-2H3. The molecule has 0 aliphatic rings. The van der Waals surface area contributed by atoms with Gasteiger partial charge in [-0.15, -0.1) is 0 Å². The second-order valence-electron chi connectivity index (χ2n) is 2.50. The SMILES string of the molecule is CC(=O)n1ccc(=O)c(O)c1C. The molecular weight excluding hydrogens is 158 g/mol. The molecule has 0 bridgehead atoms. The van der Waals surface area contributed by atoms with Gasteiger partial charge in [-0.25, -0.2) is 0 Å². The summed E-state index contributed by atoms with van der Waals surface area (Å²) in [7, 11) is 0. The second kappa shape index (κ2) is 2.81. The maximum Gasteiger partial charge on any atom is 0.227 e. The highest BCUT2D eigenvalue weighted by Gasteiger charge is 2.06. The van der Waals surface area contributed by atoms with Gasteiger partial charge in [0.05, 0.1) is 5.69 Å². The number of nitrogens with zero attached hydrogens (tertiary/aromatic N) is 1. The van der Waals surface area contributed by atoms with Crippen LogP contribution in [0.15, 0.2) is 17.1 Å². The Labute approximate surface area is 69.1 Å². The van der Waals surface area contributed by atoms with Crippen molar-refractivity contribution in [2.45, 2.75) is 13.8 Å². The largest absolute Gasteiger partial charge is 0.503 e. The summed E-state index contributed by atoms with van der Waals surface area (Å²) in [5.74, 6) is -0.601. The van der Waals surface area contributed by atoms with Crippen LogP contribution in [0, 0.1) is 6.92 Å². The summed E-state index contributed by atoms with van der Waals surface area (Å²) in [6.45, 7) is 2.87. The third-order valence-electron chi connectivity index (χ3n) is 1.65. The van der Waals surface area contributed by atoms with Gasteiger partial charge in [-0.1, -0.05) is 0 Å². The normalized spacial score (nSPS) is 9.83. The first-order valence-corrected chi connectivity index (χ1v) is 3.46. The molecule has 0 aromatic carbocycles. The minimum absolute atomic E-state index is 0.234. The Morgan fingerprint density at radius 3 is 2.67 bits per heavy atom. The molecule has 0 radical (unpaired) electrons. The molecule has 0 aliphatic heterocycles. The summed E-state index contributed by atoms with van der Waals surface area (Å²) in [6.07, 6.45) is 1.35. The molecule has 1 N–H and O–H groups in total. The van der Waals surface area contributed by atoms with E-state index in [0.29, 0.717) is 0 Å². The zero-order chi connectivity index (χ0) is 9.30. The van der Waals surface area contributed by atoms with E-state index >= 15 is 0 Å². The van der Waals surface area contributed by atoms with Gasteiger partial charge < -0.3 is 5.11 Å². The monoisotopic (exact) mass is 167 g/mol. The predicted molar refractivity (Wildman–Crippen MR) is 43.4 cm³/mol. The molecule has 0 unspecified atom stereocenters. The molecule has 0 fully saturated rings. The van der Waals surface area contributed by atoms with Crippen molar-refractivity contribution in [3.8, 4) is 5.75 Å². The van der Waals surface area contributed by atoms with Gasteiger partial charge in [0.2, 0.25) is 11.3 Å². The lowest BCUT2D eigenvalue weighted by Gasteiger charge is -2.05. The molecular formula is C8H9NO3. The van der Waals surface area contributed by atoms with Crippen molar-refractivity contribution in [2.75, 3.05) is 0 Å². The minimum atomic E-state index is -0.468. The van der Waals surface area contributed by atoms with Crippen LogP contribution >= 0.6 is 0 Å². The number of aromatic nitrogens is 1. The van der Waals surface area contributed by atoms with Crippen LogP contribution in [-0.4, -0.2) is 15.6 Å². The number of hydrogen-bond acceptors (Lipinski definition) is 3. The summed E-state index contributed by atoms with van der Waals surface area (Å²) < 4.78 is 1.22. The average Bonchev–Trinajstić information content (AvgIpc) is 2.00. The zero-order valence-corrected chi connectivity index (χ0v) is 6.87. The number of aromatic hydroxyl groups is 1. The molecule has 4 nitrogen and oxygen atoms in total. The van der Waals surface area contributed by atoms with Crippen molar-refractivity contribution in [3.05, 3.63) is 28.2 Å². The van der Waals surface area contributed by atoms with Crippen LogP contribution in [0.5, 0.6) is 5.75 Å². The highest BCUT2D eigenvalue weighted by molar-refractivity contribution is 5.77. The molecule has 0 spiro atoms. The average molecular weight is 167 g/mol. The lowest BCUT2D eigenvalue weighted by molar-refractivity contribution is 0.0932. The van der Waals surface area contributed by atoms with E-state index in [4.69, 9.17) is 5.11 Å². The van der Waals surface area contributed by atoms with Crippen LogP contribution in [-0.2, 0) is 0 Å². The molecule has 0 amide bonds. The number of pyridine rings is 1. The van der Waals surface area contributed by atoms with Gasteiger partial charge >= 0.3 is 0 Å². The number of hydrogen-bond donors (Lipinski definition) is 1. The smallest absolute Gasteiger partial charge is 0.227 e. The highest BCUT2D eigenvalue weighted by Crippen LogP contribution is 2.08. The predicted octanol–water partition coefficient (Wildman–Crippen LogP) is 0.522. The Morgan fingerprint density at radius 2 is 2.17 bits per heavy atom. The van der Waals surface area contributed by atoms with Gasteiger partial charge in [-0.05, 0) is 6.92 Å². The van der Waals surface area contributed by atoms with Crippen LogP contribution in [0.25, 0.3) is 0 Å². The Hall–Kier alpha value is -1.58. The molecule has 1 rings (SSSR count). The second-order valence-corrected chi connectivity index (χ2v) is 2.50. The van der Waals surface area contributed by atoms with Gasteiger partial charge in [-0.2, -0.15) is 0 Å². The number of rotatable bonds is 0. The van der Waals surface area contributed by atoms with Crippen molar-refractivity contribution in [2.24, 2.45) is 0 Å². The van der Waals surface area contributed by atoms with Crippen molar-refractivity contribution >= 4 is 5.91 Å². The maximum atomic E-state index is 10.9. The van der Waals surface area contributed by atoms with E-state index in [0.717, 1.165) is 6.07 Å². The molecule has 12 heavy (non-hydrogen) atoms. The van der Waals surface area contributed by atoms with Crippen molar-refractivity contribution in [1.82, 2.24) is 4.57 Å². The lowest BCUT2D eigenvalue weighted by Crippen LogP contribution is -2.14. The summed E-state index contributed by atoms with van der Waals surface area (Å²) in [6, 6.07) is 1.16. The van der Waals surface area contributed by atoms with Crippen molar-refractivity contribution < 1.29 is 9.90 Å². The van der Waals surface area contributed by atoms with Gasteiger partial charge in [-0.3, -0.25) is 14.2 Å². The molecule has 1 heterocycles. The first-order valence-electron chi connectivity index (χ1n) is 3.46. The van der Waals surface area contributed by atoms with E-state index in [1.807, 2.05) is 0 Å². The Balaban J connectivity index is 3.47. The Morgan fingerprint density at radius 1 is 1.58 bits per heavy atom. The molecule has 4 heteroatoms. The van der Waals surface area contributed by atoms with E-state index in [9.17, 15) is 9.59 Å². The number of carbonyl (C=O) groups excluding carboxylic acids is 1. The minimum Gasteiger partial charge on any atom is -0.503 e. The van der Waals surface area contributed by atoms with Crippen LogP contribution in [0.4, 0.5) is 0 Å². The van der Waals surface area contributed by atoms with Crippen LogP contribution in [0.3, 0.4) is 0 Å². The van der Waals surface area contributed by atoms with Gasteiger partial charge in [0.15, 0.2) is 5.75 Å². The fourth-order valence-electron chi connectivity index (χ4n) is 0.966. The number of carbonyl (C=O) groups is 1. The Bertz CT molecular complexity index is 378. The molecule has 0 saturated carbocycles. The lowest BCUT2D eigenvalue weighted by atomic mass is 10.3. The molecule has 0 atom stereocenters. The van der Waals surface area contributed by atoms with Crippen LogP contribution in [0.2, 0.25) is 0 Å². The topological polar surface area (TPSA) is 59.3 Å². The summed E-state index contributed by atoms with van der Waals surface area (Å²) >= 11 is 0. The molecule has 64 valence electrons. The fourth-order valence-corrected chi connectivity index (χ4v) is 0.966. The van der Waals surface area contributed by atoms with Gasteiger partial charge in [0, 0.05) is 19.2 Å². The van der Waals surface area contributed by atoms with E-state index in [2.05, 4.69) is 0 Å². The molecule has 1 aromatic heterocycles. The van der Waals surface area contributed by atoms with Crippen LogP contribution in [0.1, 0.15) is 17.4 Å². The van der Waals surface area contributed by atoms with E-state index in [1.54, 1.807) is 0 Å². The van der Waals surface area contributed by atoms with Crippen molar-refractivity contribution in [1.29, 1.82) is 0 Å². The van der Waals surface area contributed by atoms with Gasteiger partial charge in [0.25, 0.3) is 0 Å². The van der Waals surface area contributed by atoms with Gasteiger partial charge in [0.1, 0.15) is 0 Å². The Kier molecular flexibility index (Phi) is 1.99. The van der Waals surface area contributed by atoms with E-state index in [-0.39, 0.29) is 17.4 Å². The fraction of sp³-hybridized carbons (Fsp3) is 0.250. The molecule has 0 aliphatic carbocycles. The quantitative estimate of drug-likeness (QED) is 0.612. The first-order chi connectivity index (χ1) is 5.54. The third-order valence-corrected chi connectivity index (χ3v) is 1.65. The van der Waals surface area contributed by atoms with Crippen molar-refractivity contribution in [3.63, 3.8) is 0 Å². The summed E-state index contributed by atoms with van der Waals surface area (Å²) in [4.78, 5) is 21.7. The van der Waals surface area contributed by atoms with E-state index in [1.165, 1.54) is 24.6 Å². The zero-order valence-electron chi connectivity index (χ0n) is 6.87. The summed E-state index contributed by atoms with van der Waals surface area (Å²) in [5.41, 5.74) is -0.194. The first kappa shape index (κ1) is 8.52. The third kappa shape index (κ3) is 1.23. The highest BCUT2D eigenvalue weighted by atomic mass is 16.3. The maximum absolute atomic E-state index is 10.9. The molecule has 1 aromatic rings.